The molecule has 3 aliphatic rings. The number of carbonyl (C=O) groups excluding carboxylic acids is 1. The van der Waals surface area contributed by atoms with Crippen molar-refractivity contribution >= 4 is 22.9 Å². The number of nitrogens with zero attached hydrogens (tertiary/aromatic N) is 7. The van der Waals surface area contributed by atoms with Crippen molar-refractivity contribution in [3.05, 3.63) is 24.5 Å². The molecule has 9 nitrogen and oxygen atoms in total. The normalized spacial score (nSPS) is 21.7. The third-order valence-electron chi connectivity index (χ3n) is 6.98. The van der Waals surface area contributed by atoms with Gasteiger partial charge in [0.1, 0.15) is 18.0 Å². The van der Waals surface area contributed by atoms with Crippen LogP contribution in [-0.2, 0) is 11.3 Å². The first-order chi connectivity index (χ1) is 15.1. The highest BCUT2D eigenvalue weighted by atomic mass is 16.2. The van der Waals surface area contributed by atoms with E-state index >= 15 is 0 Å². The molecule has 1 aliphatic heterocycles. The molecule has 31 heavy (non-hydrogen) atoms. The van der Waals surface area contributed by atoms with Gasteiger partial charge in [-0.3, -0.25) is 4.79 Å². The van der Waals surface area contributed by atoms with Crippen LogP contribution >= 0.6 is 0 Å². The van der Waals surface area contributed by atoms with Crippen LogP contribution in [0, 0.1) is 18.3 Å². The van der Waals surface area contributed by atoms with Crippen LogP contribution in [0.5, 0.6) is 0 Å². The van der Waals surface area contributed by atoms with Gasteiger partial charge in [-0.2, -0.15) is 0 Å². The quantitative estimate of drug-likeness (QED) is 0.679. The maximum atomic E-state index is 12.6. The molecule has 1 N–H and O–H groups in total. The Kier molecular flexibility index (Phi) is 4.03. The van der Waals surface area contributed by atoms with E-state index in [1.807, 2.05) is 6.92 Å². The van der Waals surface area contributed by atoms with Gasteiger partial charge in [0, 0.05) is 43.4 Å². The van der Waals surface area contributed by atoms with E-state index in [9.17, 15) is 4.79 Å². The van der Waals surface area contributed by atoms with E-state index in [2.05, 4.69) is 41.6 Å². The second-order valence-electron chi connectivity index (χ2n) is 9.15. The van der Waals surface area contributed by atoms with E-state index in [0.717, 1.165) is 79.5 Å². The minimum absolute atomic E-state index is 0.183. The van der Waals surface area contributed by atoms with Crippen LogP contribution in [0.3, 0.4) is 0 Å². The molecular formula is C22H26N8O. The lowest BCUT2D eigenvalue weighted by molar-refractivity contribution is -0.131. The van der Waals surface area contributed by atoms with E-state index in [-0.39, 0.29) is 17.4 Å². The lowest BCUT2D eigenvalue weighted by Crippen LogP contribution is -2.33. The molecule has 0 bridgehead atoms. The largest absolute Gasteiger partial charge is 0.363 e. The molecule has 0 aromatic carbocycles. The molecule has 6 rings (SSSR count). The Labute approximate surface area is 180 Å². The van der Waals surface area contributed by atoms with Crippen molar-refractivity contribution in [2.45, 2.75) is 52.1 Å². The smallest absolute Gasteiger partial charge is 0.225 e. The monoisotopic (exact) mass is 418 g/mol. The minimum Gasteiger partial charge on any atom is -0.363 e. The molecule has 1 amide bonds. The van der Waals surface area contributed by atoms with Crippen molar-refractivity contribution in [3.8, 4) is 11.4 Å². The summed E-state index contributed by atoms with van der Waals surface area (Å²) in [7, 11) is 0. The van der Waals surface area contributed by atoms with Crippen LogP contribution in [0.4, 0.5) is 5.82 Å². The average Bonchev–Trinajstić information content (AvgIpc) is 3.68. The van der Waals surface area contributed by atoms with Crippen molar-refractivity contribution in [2.24, 2.45) is 11.3 Å². The minimum atomic E-state index is 0.183. The number of nitrogens with one attached hydrogen (secondary N) is 1. The molecule has 9 heteroatoms. The second kappa shape index (κ2) is 6.70. The number of aromatic nitrogens is 6. The molecule has 2 saturated carbocycles. The maximum Gasteiger partial charge on any atom is 0.225 e. The summed E-state index contributed by atoms with van der Waals surface area (Å²) in [6, 6.07) is 0.200. The Bertz CT molecular complexity index is 1160. The average molecular weight is 419 g/mol. The van der Waals surface area contributed by atoms with Crippen LogP contribution in [0.2, 0.25) is 0 Å². The third kappa shape index (κ3) is 3.05. The molecule has 0 unspecified atom stereocenters. The number of imidazole rings is 1. The van der Waals surface area contributed by atoms with Gasteiger partial charge in [-0.25, -0.2) is 24.9 Å². The van der Waals surface area contributed by atoms with Gasteiger partial charge in [0.05, 0.1) is 11.6 Å². The standard InChI is InChI=1S/C22H26N8O/c1-3-30-19(15-8-23-13(2)24-9-15)28-17-18(25-12-26-20(17)30)27-16-10-29(11-22(16)6-7-22)21(31)14-4-5-14/h8-9,12,14,16H,3-7,10-11H2,1-2H3,(H,25,26,27)/t16-/m1/s1. The SMILES string of the molecule is CCn1c(-c2cnc(C)nc2)nc2c(N[C@@H]3CN(C(=O)C4CC4)CC34CC4)ncnc21. The zero-order valence-corrected chi connectivity index (χ0v) is 17.9. The first-order valence-electron chi connectivity index (χ1n) is 11.1. The van der Waals surface area contributed by atoms with Crippen molar-refractivity contribution in [1.82, 2.24) is 34.4 Å². The van der Waals surface area contributed by atoms with Gasteiger partial charge in [0.2, 0.25) is 5.91 Å². The van der Waals surface area contributed by atoms with Gasteiger partial charge in [-0.15, -0.1) is 0 Å². The number of fused-ring (bicyclic) bond motifs is 1. The molecule has 2 aliphatic carbocycles. The van der Waals surface area contributed by atoms with Gasteiger partial charge in [0.15, 0.2) is 17.0 Å². The van der Waals surface area contributed by atoms with Crippen LogP contribution in [-0.4, -0.2) is 59.4 Å². The Morgan fingerprint density at radius 1 is 1.19 bits per heavy atom. The lowest BCUT2D eigenvalue weighted by atomic mass is 10.0. The molecule has 1 saturated heterocycles. The molecule has 160 valence electrons. The second-order valence-corrected chi connectivity index (χ2v) is 9.15. The summed E-state index contributed by atoms with van der Waals surface area (Å²) in [6.45, 7) is 6.28. The molecule has 1 atom stereocenters. The van der Waals surface area contributed by atoms with Crippen molar-refractivity contribution < 1.29 is 4.79 Å². The number of rotatable bonds is 5. The summed E-state index contributed by atoms with van der Waals surface area (Å²) in [5.41, 5.74) is 2.59. The highest BCUT2D eigenvalue weighted by Gasteiger charge is 2.57. The predicted molar refractivity (Wildman–Crippen MR) is 115 cm³/mol. The summed E-state index contributed by atoms with van der Waals surface area (Å²) in [5.74, 6) is 2.86. The summed E-state index contributed by atoms with van der Waals surface area (Å²) < 4.78 is 2.07. The molecular weight excluding hydrogens is 392 g/mol. The number of aryl methyl sites for hydroxylation is 2. The molecule has 1 spiro atoms. The topological polar surface area (TPSA) is 102 Å². The summed E-state index contributed by atoms with van der Waals surface area (Å²) >= 11 is 0. The maximum absolute atomic E-state index is 12.6. The van der Waals surface area contributed by atoms with Crippen LogP contribution in [0.15, 0.2) is 18.7 Å². The van der Waals surface area contributed by atoms with Crippen LogP contribution in [0.25, 0.3) is 22.6 Å². The number of anilines is 1. The lowest BCUT2D eigenvalue weighted by Gasteiger charge is -2.19. The summed E-state index contributed by atoms with van der Waals surface area (Å²) in [4.78, 5) is 37.3. The number of hydrogen-bond donors (Lipinski definition) is 1. The molecule has 4 heterocycles. The van der Waals surface area contributed by atoms with Crippen LogP contribution in [0.1, 0.15) is 38.4 Å². The summed E-state index contributed by atoms with van der Waals surface area (Å²) in [6.07, 6.45) is 9.60. The Balaban J connectivity index is 1.34. The Hall–Kier alpha value is -3.10. The van der Waals surface area contributed by atoms with Crippen molar-refractivity contribution in [2.75, 3.05) is 18.4 Å². The van der Waals surface area contributed by atoms with Gasteiger partial charge < -0.3 is 14.8 Å². The van der Waals surface area contributed by atoms with Gasteiger partial charge in [-0.05, 0) is 39.5 Å². The van der Waals surface area contributed by atoms with Crippen molar-refractivity contribution in [3.63, 3.8) is 0 Å². The first kappa shape index (κ1) is 18.7. The Morgan fingerprint density at radius 3 is 2.65 bits per heavy atom. The molecule has 3 aromatic heterocycles. The highest BCUT2D eigenvalue weighted by Crippen LogP contribution is 2.54. The predicted octanol–water partition coefficient (Wildman–Crippen LogP) is 2.42. The number of amides is 1. The summed E-state index contributed by atoms with van der Waals surface area (Å²) in [5, 5.41) is 3.65. The fourth-order valence-corrected chi connectivity index (χ4v) is 4.83. The van der Waals surface area contributed by atoms with Gasteiger partial charge >= 0.3 is 0 Å². The number of hydrogen-bond acceptors (Lipinski definition) is 7. The fraction of sp³-hybridized carbons (Fsp3) is 0.545. The number of likely N-dealkylation sites (tertiary alicyclic amines) is 1. The third-order valence-corrected chi connectivity index (χ3v) is 6.98. The first-order valence-corrected chi connectivity index (χ1v) is 11.1. The number of carbonyl (C=O) groups is 1. The van der Waals surface area contributed by atoms with Crippen LogP contribution < -0.4 is 5.32 Å². The van der Waals surface area contributed by atoms with Gasteiger partial charge in [-0.1, -0.05) is 0 Å². The molecule has 3 fully saturated rings. The molecule has 0 radical (unpaired) electrons. The van der Waals surface area contributed by atoms with E-state index in [4.69, 9.17) is 4.98 Å². The van der Waals surface area contributed by atoms with E-state index in [1.54, 1.807) is 18.7 Å². The zero-order chi connectivity index (χ0) is 21.2. The van der Waals surface area contributed by atoms with E-state index < -0.39 is 0 Å². The van der Waals surface area contributed by atoms with E-state index in [0.29, 0.717) is 5.91 Å². The molecule has 3 aromatic rings. The Morgan fingerprint density at radius 2 is 1.97 bits per heavy atom. The van der Waals surface area contributed by atoms with Crippen molar-refractivity contribution in [1.29, 1.82) is 0 Å². The fourth-order valence-electron chi connectivity index (χ4n) is 4.83. The van der Waals surface area contributed by atoms with E-state index in [1.165, 1.54) is 0 Å². The highest BCUT2D eigenvalue weighted by molar-refractivity contribution is 5.87. The van der Waals surface area contributed by atoms with Gasteiger partial charge in [0.25, 0.3) is 0 Å². The zero-order valence-electron chi connectivity index (χ0n) is 17.9.